The number of nitrogens with one attached hydrogen (secondary N) is 1. The first-order chi connectivity index (χ1) is 16.6. The Kier molecular flexibility index (Phi) is 6.90. The average molecular weight is 506 g/mol. The summed E-state index contributed by atoms with van der Waals surface area (Å²) < 4.78 is 63.4. The highest BCUT2D eigenvalue weighted by Crippen LogP contribution is 2.61. The second kappa shape index (κ2) is 9.74. The minimum atomic E-state index is -5.16. The van der Waals surface area contributed by atoms with E-state index >= 15 is 0 Å². The first kappa shape index (κ1) is 24.8. The highest BCUT2D eigenvalue weighted by atomic mass is 32.3. The van der Waals surface area contributed by atoms with Crippen LogP contribution in [0.5, 0.6) is 0 Å². The van der Waals surface area contributed by atoms with Crippen molar-refractivity contribution in [1.82, 2.24) is 19.9 Å². The number of hydrogen-bond acceptors (Lipinski definition) is 8. The fourth-order valence-corrected chi connectivity index (χ4v) is 4.08. The van der Waals surface area contributed by atoms with E-state index in [0.717, 1.165) is 17.7 Å². The van der Waals surface area contributed by atoms with Gasteiger partial charge in [-0.15, -0.1) is 0 Å². The predicted molar refractivity (Wildman–Crippen MR) is 128 cm³/mol. The molecule has 0 radical (unpaired) electrons. The van der Waals surface area contributed by atoms with Crippen molar-refractivity contribution in [2.75, 3.05) is 11.9 Å². The van der Waals surface area contributed by atoms with Crippen LogP contribution in [0.3, 0.4) is 0 Å². The third-order valence-corrected chi connectivity index (χ3v) is 6.64. The van der Waals surface area contributed by atoms with Crippen LogP contribution in [0.15, 0.2) is 59.6 Å². The maximum absolute atomic E-state index is 12.9. The zero-order valence-corrected chi connectivity index (χ0v) is 19.6. The molecule has 0 spiro atoms. The lowest BCUT2D eigenvalue weighted by Gasteiger charge is -2.33. The van der Waals surface area contributed by atoms with Gasteiger partial charge in [0.25, 0.3) is 0 Å². The summed E-state index contributed by atoms with van der Waals surface area (Å²) in [6.07, 6.45) is 1.68. The molecule has 0 unspecified atom stereocenters. The SMILES string of the molecule is CCOCc1nc(Nc2ccc(S(O)(O)C(F)(F)F)cc2)c2ccc(-c3ncccc3C)nc2n1. The van der Waals surface area contributed by atoms with Gasteiger partial charge in [0.1, 0.15) is 12.4 Å². The summed E-state index contributed by atoms with van der Waals surface area (Å²) in [7, 11) is -4.94. The van der Waals surface area contributed by atoms with E-state index in [2.05, 4.69) is 25.3 Å². The molecule has 0 aliphatic carbocycles. The summed E-state index contributed by atoms with van der Waals surface area (Å²) in [5.41, 5.74) is -2.08. The Hall–Kier alpha value is -3.32. The number of aromatic nitrogens is 4. The number of fused-ring (bicyclic) bond motifs is 1. The van der Waals surface area contributed by atoms with Gasteiger partial charge in [-0.1, -0.05) is 16.7 Å². The van der Waals surface area contributed by atoms with E-state index in [-0.39, 0.29) is 6.61 Å². The van der Waals surface area contributed by atoms with Gasteiger partial charge in [0.05, 0.1) is 21.7 Å². The van der Waals surface area contributed by atoms with Gasteiger partial charge in [0.2, 0.25) is 0 Å². The van der Waals surface area contributed by atoms with Gasteiger partial charge in [0, 0.05) is 18.5 Å². The lowest BCUT2D eigenvalue weighted by molar-refractivity contribution is -0.0527. The van der Waals surface area contributed by atoms with Crippen molar-refractivity contribution < 1.29 is 27.0 Å². The van der Waals surface area contributed by atoms with Crippen molar-refractivity contribution in [3.63, 3.8) is 0 Å². The Morgan fingerprint density at radius 2 is 1.74 bits per heavy atom. The number of benzene rings is 1. The first-order valence-electron chi connectivity index (χ1n) is 10.5. The Labute approximate surface area is 200 Å². The van der Waals surface area contributed by atoms with Gasteiger partial charge in [0.15, 0.2) is 11.5 Å². The van der Waals surface area contributed by atoms with E-state index in [4.69, 9.17) is 4.74 Å². The molecule has 4 aromatic rings. The van der Waals surface area contributed by atoms with E-state index in [1.807, 2.05) is 26.0 Å². The minimum absolute atomic E-state index is 0.140. The number of hydrogen-bond donors (Lipinski definition) is 3. The van der Waals surface area contributed by atoms with Crippen molar-refractivity contribution >= 4 is 33.1 Å². The molecule has 0 aliphatic rings. The quantitative estimate of drug-likeness (QED) is 0.268. The molecule has 0 aliphatic heterocycles. The van der Waals surface area contributed by atoms with Gasteiger partial charge in [-0.2, -0.15) is 13.2 Å². The van der Waals surface area contributed by atoms with Crippen LogP contribution in [0.2, 0.25) is 0 Å². The number of ether oxygens (including phenoxy) is 1. The lowest BCUT2D eigenvalue weighted by Crippen LogP contribution is -2.19. The summed E-state index contributed by atoms with van der Waals surface area (Å²) in [6.45, 7) is 4.37. The lowest BCUT2D eigenvalue weighted by atomic mass is 10.1. The minimum Gasteiger partial charge on any atom is -0.374 e. The first-order valence-corrected chi connectivity index (χ1v) is 12.0. The topological polar surface area (TPSA) is 113 Å². The van der Waals surface area contributed by atoms with Gasteiger partial charge in [-0.05, 0) is 61.9 Å². The smallest absolute Gasteiger partial charge is 0.374 e. The maximum Gasteiger partial charge on any atom is 0.500 e. The number of aryl methyl sites for hydroxylation is 1. The van der Waals surface area contributed by atoms with Gasteiger partial charge >= 0.3 is 5.51 Å². The molecule has 184 valence electrons. The van der Waals surface area contributed by atoms with Crippen LogP contribution in [-0.4, -0.2) is 41.2 Å². The fraction of sp³-hybridized carbons (Fsp3) is 0.217. The molecule has 1 aromatic carbocycles. The van der Waals surface area contributed by atoms with Crippen LogP contribution in [0, 0.1) is 6.92 Å². The van der Waals surface area contributed by atoms with E-state index < -0.39 is 21.0 Å². The number of alkyl halides is 3. The average Bonchev–Trinajstić information content (AvgIpc) is 2.82. The molecule has 0 amide bonds. The van der Waals surface area contributed by atoms with Crippen LogP contribution in [0.1, 0.15) is 18.3 Å². The molecule has 0 saturated carbocycles. The van der Waals surface area contributed by atoms with Crippen LogP contribution in [0.4, 0.5) is 24.7 Å². The van der Waals surface area contributed by atoms with Crippen LogP contribution < -0.4 is 5.32 Å². The predicted octanol–water partition coefficient (Wildman–Crippen LogP) is 6.30. The molecule has 12 heteroatoms. The third-order valence-electron chi connectivity index (χ3n) is 5.06. The zero-order chi connectivity index (χ0) is 25.2. The van der Waals surface area contributed by atoms with Gasteiger partial charge in [-0.3, -0.25) is 14.1 Å². The molecule has 3 aromatic heterocycles. The Morgan fingerprint density at radius 1 is 1.00 bits per heavy atom. The summed E-state index contributed by atoms with van der Waals surface area (Å²) in [4.78, 5) is 17.4. The van der Waals surface area contributed by atoms with E-state index in [9.17, 15) is 22.3 Å². The van der Waals surface area contributed by atoms with Crippen LogP contribution in [-0.2, 0) is 11.3 Å². The molecule has 0 bridgehead atoms. The monoisotopic (exact) mass is 505 g/mol. The molecule has 35 heavy (non-hydrogen) atoms. The second-order valence-corrected chi connectivity index (χ2v) is 9.54. The fourth-order valence-electron chi connectivity index (χ4n) is 3.29. The van der Waals surface area contributed by atoms with Crippen LogP contribution >= 0.6 is 10.6 Å². The highest BCUT2D eigenvalue weighted by molar-refractivity contribution is 8.25. The molecule has 8 nitrogen and oxygen atoms in total. The third kappa shape index (κ3) is 5.20. The molecule has 3 N–H and O–H groups in total. The van der Waals surface area contributed by atoms with Crippen molar-refractivity contribution in [3.8, 4) is 11.4 Å². The van der Waals surface area contributed by atoms with Crippen molar-refractivity contribution in [2.24, 2.45) is 0 Å². The van der Waals surface area contributed by atoms with Crippen molar-refractivity contribution in [3.05, 3.63) is 66.1 Å². The zero-order valence-electron chi connectivity index (χ0n) is 18.7. The molecule has 0 atom stereocenters. The largest absolute Gasteiger partial charge is 0.500 e. The molecule has 0 saturated heterocycles. The van der Waals surface area contributed by atoms with E-state index in [1.54, 1.807) is 18.3 Å². The Balaban J connectivity index is 1.73. The maximum atomic E-state index is 12.9. The van der Waals surface area contributed by atoms with Crippen LogP contribution in [0.25, 0.3) is 22.4 Å². The molecular weight excluding hydrogens is 483 g/mol. The Bertz CT molecular complexity index is 1350. The number of halogens is 3. The standard InChI is InChI=1S/C23H22F3N5O3S/c1-3-34-13-19-30-21(28-15-6-8-16(9-7-15)35(32,33)23(24,25)26)17-10-11-18(29-22(17)31-19)20-14(2)5-4-12-27-20/h4-12,32-33H,3,13H2,1-2H3,(H,28,29,30,31). The Morgan fingerprint density at radius 3 is 2.40 bits per heavy atom. The normalized spacial score (nSPS) is 12.7. The molecular formula is C23H22F3N5O3S. The van der Waals surface area contributed by atoms with E-state index in [0.29, 0.717) is 46.4 Å². The highest BCUT2D eigenvalue weighted by Gasteiger charge is 2.46. The summed E-state index contributed by atoms with van der Waals surface area (Å²) in [5.74, 6) is 0.740. The molecule has 0 fully saturated rings. The number of rotatable bonds is 7. The van der Waals surface area contributed by atoms with Crippen molar-refractivity contribution in [1.29, 1.82) is 0 Å². The summed E-state index contributed by atoms with van der Waals surface area (Å²) >= 11 is 0. The number of pyridine rings is 2. The molecule has 4 rings (SSSR count). The summed E-state index contributed by atoms with van der Waals surface area (Å²) in [5, 5.41) is 3.63. The summed E-state index contributed by atoms with van der Waals surface area (Å²) in [6, 6.07) is 12.0. The number of nitrogens with zero attached hydrogens (tertiary/aromatic N) is 4. The van der Waals surface area contributed by atoms with E-state index in [1.165, 1.54) is 12.1 Å². The van der Waals surface area contributed by atoms with Crippen molar-refractivity contribution in [2.45, 2.75) is 30.9 Å². The van der Waals surface area contributed by atoms with Gasteiger partial charge in [-0.25, -0.2) is 15.0 Å². The molecule has 3 heterocycles. The number of anilines is 2. The van der Waals surface area contributed by atoms with Gasteiger partial charge < -0.3 is 10.1 Å². The second-order valence-electron chi connectivity index (χ2n) is 7.51.